The number of nitrogens with zero attached hydrogens (tertiary/aromatic N) is 2. The summed E-state index contributed by atoms with van der Waals surface area (Å²) in [4.78, 5) is 12.6. The number of carbonyl (C=O) groups is 1. The van der Waals surface area contributed by atoms with Gasteiger partial charge in [-0.25, -0.2) is 0 Å². The van der Waals surface area contributed by atoms with Crippen molar-refractivity contribution in [3.63, 3.8) is 0 Å². The van der Waals surface area contributed by atoms with E-state index in [9.17, 15) is 10.1 Å². The monoisotopic (exact) mass is 361 g/mol. The summed E-state index contributed by atoms with van der Waals surface area (Å²) in [7, 11) is 0. The fourth-order valence-corrected chi connectivity index (χ4v) is 4.22. The van der Waals surface area contributed by atoms with Crippen molar-refractivity contribution in [2.45, 2.75) is 59.4 Å². The lowest BCUT2D eigenvalue weighted by molar-refractivity contribution is -0.112. The van der Waals surface area contributed by atoms with Crippen LogP contribution in [0.4, 0.5) is 5.69 Å². The van der Waals surface area contributed by atoms with Crippen LogP contribution in [0.3, 0.4) is 0 Å². The van der Waals surface area contributed by atoms with E-state index >= 15 is 0 Å². The fraction of sp³-hybridized carbons (Fsp3) is 0.391. The Balaban J connectivity index is 1.87. The standard InChI is InChI=1S/C23H27N3O/c1-15-9-16(2)11-21(10-15)25-23(27)20(14-24)13-19-12-17(3)26(18(19)4)22-7-5-6-8-22/h9-13,22H,5-8H2,1-4H3,(H,25,27)/b20-13-. The maximum atomic E-state index is 12.6. The van der Waals surface area contributed by atoms with Gasteiger partial charge in [-0.15, -0.1) is 0 Å². The number of rotatable bonds is 4. The molecule has 140 valence electrons. The number of anilines is 1. The van der Waals surface area contributed by atoms with Crippen LogP contribution in [0, 0.1) is 39.0 Å². The SMILES string of the molecule is Cc1cc(C)cc(NC(=O)/C(C#N)=C\c2cc(C)n(C3CCCC3)c2C)c1. The Morgan fingerprint density at radius 3 is 2.33 bits per heavy atom. The van der Waals surface area contributed by atoms with Crippen LogP contribution >= 0.6 is 0 Å². The van der Waals surface area contributed by atoms with Crippen molar-refractivity contribution in [2.75, 3.05) is 5.32 Å². The highest BCUT2D eigenvalue weighted by Gasteiger charge is 2.21. The molecule has 1 aliphatic carbocycles. The van der Waals surface area contributed by atoms with E-state index in [1.165, 1.54) is 31.4 Å². The van der Waals surface area contributed by atoms with Gasteiger partial charge in [-0.1, -0.05) is 18.9 Å². The lowest BCUT2D eigenvalue weighted by Gasteiger charge is -2.17. The van der Waals surface area contributed by atoms with Crippen LogP contribution in [0.5, 0.6) is 0 Å². The summed E-state index contributed by atoms with van der Waals surface area (Å²) in [5.41, 5.74) is 6.27. The second-order valence-electron chi connectivity index (χ2n) is 7.64. The smallest absolute Gasteiger partial charge is 0.266 e. The average Bonchev–Trinajstić information content (AvgIpc) is 3.19. The number of hydrogen-bond donors (Lipinski definition) is 1. The Labute approximate surface area is 161 Å². The van der Waals surface area contributed by atoms with Crippen molar-refractivity contribution in [2.24, 2.45) is 0 Å². The zero-order valence-corrected chi connectivity index (χ0v) is 16.6. The predicted octanol–water partition coefficient (Wildman–Crippen LogP) is 5.38. The highest BCUT2D eigenvalue weighted by molar-refractivity contribution is 6.09. The zero-order valence-electron chi connectivity index (χ0n) is 16.6. The summed E-state index contributed by atoms with van der Waals surface area (Å²) >= 11 is 0. The summed E-state index contributed by atoms with van der Waals surface area (Å²) in [5, 5.41) is 12.4. The molecule has 2 aromatic rings. The molecule has 0 bridgehead atoms. The van der Waals surface area contributed by atoms with Crippen LogP contribution in [-0.4, -0.2) is 10.5 Å². The van der Waals surface area contributed by atoms with Gasteiger partial charge in [0.25, 0.3) is 5.91 Å². The van der Waals surface area contributed by atoms with Crippen LogP contribution in [0.15, 0.2) is 29.8 Å². The maximum absolute atomic E-state index is 12.6. The largest absolute Gasteiger partial charge is 0.346 e. The molecule has 1 heterocycles. The van der Waals surface area contributed by atoms with Gasteiger partial charge in [-0.05, 0) is 81.5 Å². The summed E-state index contributed by atoms with van der Waals surface area (Å²) in [5.74, 6) is -0.367. The first-order valence-corrected chi connectivity index (χ1v) is 9.59. The minimum Gasteiger partial charge on any atom is -0.346 e. The molecule has 1 aromatic carbocycles. The van der Waals surface area contributed by atoms with Crippen LogP contribution < -0.4 is 5.32 Å². The number of amides is 1. The molecule has 1 saturated carbocycles. The molecule has 4 heteroatoms. The first-order chi connectivity index (χ1) is 12.9. The average molecular weight is 361 g/mol. The Kier molecular flexibility index (Phi) is 5.51. The molecule has 1 fully saturated rings. The van der Waals surface area contributed by atoms with E-state index in [-0.39, 0.29) is 11.5 Å². The highest BCUT2D eigenvalue weighted by atomic mass is 16.1. The predicted molar refractivity (Wildman–Crippen MR) is 110 cm³/mol. The summed E-state index contributed by atoms with van der Waals surface area (Å²) in [6.45, 7) is 8.15. The minimum atomic E-state index is -0.367. The molecule has 4 nitrogen and oxygen atoms in total. The molecule has 27 heavy (non-hydrogen) atoms. The second-order valence-corrected chi connectivity index (χ2v) is 7.64. The van der Waals surface area contributed by atoms with Gasteiger partial charge >= 0.3 is 0 Å². The third kappa shape index (κ3) is 4.14. The molecular weight excluding hydrogens is 334 g/mol. The van der Waals surface area contributed by atoms with E-state index in [1.54, 1.807) is 6.08 Å². The van der Waals surface area contributed by atoms with Crippen molar-refractivity contribution < 1.29 is 4.79 Å². The van der Waals surface area contributed by atoms with Crippen molar-refractivity contribution in [1.29, 1.82) is 5.26 Å². The number of hydrogen-bond acceptors (Lipinski definition) is 2. The lowest BCUT2D eigenvalue weighted by Crippen LogP contribution is -2.13. The molecule has 1 aromatic heterocycles. The summed E-state index contributed by atoms with van der Waals surface area (Å²) < 4.78 is 2.37. The van der Waals surface area contributed by atoms with Gasteiger partial charge < -0.3 is 9.88 Å². The fourth-order valence-electron chi connectivity index (χ4n) is 4.22. The topological polar surface area (TPSA) is 57.8 Å². The van der Waals surface area contributed by atoms with E-state index in [4.69, 9.17) is 0 Å². The molecule has 1 amide bonds. The normalized spacial score (nSPS) is 15.0. The molecule has 0 unspecified atom stereocenters. The molecular formula is C23H27N3O. The van der Waals surface area contributed by atoms with E-state index < -0.39 is 0 Å². The van der Waals surface area contributed by atoms with Gasteiger partial charge in [0.05, 0.1) is 0 Å². The van der Waals surface area contributed by atoms with Crippen molar-refractivity contribution in [3.05, 3.63) is 57.9 Å². The number of nitriles is 1. The second kappa shape index (κ2) is 7.84. The van der Waals surface area contributed by atoms with Gasteiger partial charge in [0.1, 0.15) is 11.6 Å². The lowest BCUT2D eigenvalue weighted by atomic mass is 10.1. The molecule has 1 N–H and O–H groups in total. The van der Waals surface area contributed by atoms with Gasteiger partial charge in [0, 0.05) is 23.1 Å². The van der Waals surface area contributed by atoms with E-state index in [0.29, 0.717) is 6.04 Å². The van der Waals surface area contributed by atoms with Crippen molar-refractivity contribution >= 4 is 17.7 Å². The number of aryl methyl sites for hydroxylation is 3. The van der Waals surface area contributed by atoms with E-state index in [2.05, 4.69) is 41.9 Å². The number of aromatic nitrogens is 1. The third-order valence-electron chi connectivity index (χ3n) is 5.36. The Morgan fingerprint density at radius 1 is 1.11 bits per heavy atom. The van der Waals surface area contributed by atoms with Gasteiger partial charge in [0.2, 0.25) is 0 Å². The molecule has 0 atom stereocenters. The van der Waals surface area contributed by atoms with E-state index in [0.717, 1.165) is 28.1 Å². The summed E-state index contributed by atoms with van der Waals surface area (Å²) in [6.07, 6.45) is 6.67. The maximum Gasteiger partial charge on any atom is 0.266 e. The van der Waals surface area contributed by atoms with Crippen molar-refractivity contribution in [1.82, 2.24) is 4.57 Å². The molecule has 0 aliphatic heterocycles. The van der Waals surface area contributed by atoms with Crippen LogP contribution in [-0.2, 0) is 4.79 Å². The van der Waals surface area contributed by atoms with Gasteiger partial charge in [-0.2, -0.15) is 5.26 Å². The molecule has 0 spiro atoms. The zero-order chi connectivity index (χ0) is 19.6. The Bertz CT molecular complexity index is 917. The third-order valence-corrected chi connectivity index (χ3v) is 5.36. The number of carbonyl (C=O) groups excluding carboxylic acids is 1. The first-order valence-electron chi connectivity index (χ1n) is 9.59. The number of benzene rings is 1. The molecule has 1 aliphatic rings. The molecule has 3 rings (SSSR count). The quantitative estimate of drug-likeness (QED) is 0.587. The summed E-state index contributed by atoms with van der Waals surface area (Å²) in [6, 6.07) is 10.6. The van der Waals surface area contributed by atoms with Crippen LogP contribution in [0.2, 0.25) is 0 Å². The van der Waals surface area contributed by atoms with Gasteiger partial charge in [0.15, 0.2) is 0 Å². The van der Waals surface area contributed by atoms with Gasteiger partial charge in [-0.3, -0.25) is 4.79 Å². The Hall–Kier alpha value is -2.80. The van der Waals surface area contributed by atoms with Crippen LogP contribution in [0.25, 0.3) is 6.08 Å². The first kappa shape index (κ1) is 19.0. The van der Waals surface area contributed by atoms with Crippen LogP contribution in [0.1, 0.15) is 59.8 Å². The highest BCUT2D eigenvalue weighted by Crippen LogP contribution is 2.33. The molecule has 0 saturated heterocycles. The van der Waals surface area contributed by atoms with E-state index in [1.807, 2.05) is 26.0 Å². The molecule has 0 radical (unpaired) electrons. The Morgan fingerprint density at radius 2 is 1.74 bits per heavy atom. The minimum absolute atomic E-state index is 0.126. The number of nitrogens with one attached hydrogen (secondary N) is 1. The van der Waals surface area contributed by atoms with Crippen molar-refractivity contribution in [3.8, 4) is 6.07 Å².